The van der Waals surface area contributed by atoms with Gasteiger partial charge in [-0.1, -0.05) is 0 Å². The van der Waals surface area contributed by atoms with E-state index in [0.29, 0.717) is 0 Å². The summed E-state index contributed by atoms with van der Waals surface area (Å²) < 4.78 is 2.90. The molecule has 4 heteroatoms. The summed E-state index contributed by atoms with van der Waals surface area (Å²) in [7, 11) is 2.17. The predicted octanol–water partition coefficient (Wildman–Crippen LogP) is 5.48. The number of benzene rings is 1. The van der Waals surface area contributed by atoms with E-state index in [4.69, 9.17) is 0 Å². The third kappa shape index (κ3) is 4.76. The molecule has 2 nitrogen and oxygen atoms in total. The van der Waals surface area contributed by atoms with Crippen molar-refractivity contribution in [3.05, 3.63) is 63.0 Å². The number of hydrogen-bond acceptors (Lipinski definition) is 3. The van der Waals surface area contributed by atoms with Gasteiger partial charge in [-0.15, -0.1) is 0 Å². The van der Waals surface area contributed by atoms with E-state index in [1.807, 2.05) is 0 Å². The molecule has 154 valence electrons. The van der Waals surface area contributed by atoms with Gasteiger partial charge in [0.05, 0.1) is 0 Å². The summed E-state index contributed by atoms with van der Waals surface area (Å²) in [4.78, 5) is 16.8. The molecule has 0 saturated carbocycles. The van der Waals surface area contributed by atoms with Crippen molar-refractivity contribution in [3.8, 4) is 0 Å². The second-order valence-corrected chi connectivity index (χ2v) is 13.5. The molecule has 0 atom stereocenters. The van der Waals surface area contributed by atoms with Crippen molar-refractivity contribution in [2.75, 3.05) is 18.2 Å². The fourth-order valence-corrected chi connectivity index (χ4v) is 6.83. The number of anilines is 1. The third-order valence-corrected chi connectivity index (χ3v) is 9.32. The Bertz CT molecular complexity index is 932. The van der Waals surface area contributed by atoms with Crippen molar-refractivity contribution in [3.63, 3.8) is 0 Å². The van der Waals surface area contributed by atoms with Crippen LogP contribution < -0.4 is 8.51 Å². The van der Waals surface area contributed by atoms with Gasteiger partial charge in [-0.2, -0.15) is 0 Å². The van der Waals surface area contributed by atoms with Gasteiger partial charge >= 0.3 is 191 Å². The molecular formula is C25H31NOSTe. The van der Waals surface area contributed by atoms with Crippen LogP contribution in [0.1, 0.15) is 41.5 Å². The average molecular weight is 521 g/mol. The number of fused-ring (bicyclic) bond motifs is 1. The zero-order valence-electron chi connectivity index (χ0n) is 18.7. The number of carbonyl (C=O) groups is 1. The molecular weight excluding hydrogens is 490 g/mol. The molecule has 0 unspecified atom stereocenters. The summed E-state index contributed by atoms with van der Waals surface area (Å²) in [6.07, 6.45) is 10.8. The predicted molar refractivity (Wildman–Crippen MR) is 128 cm³/mol. The summed E-state index contributed by atoms with van der Waals surface area (Å²) in [5, 5.41) is 0. The van der Waals surface area contributed by atoms with Crippen molar-refractivity contribution < 1.29 is 4.79 Å². The van der Waals surface area contributed by atoms with Crippen molar-refractivity contribution >= 4 is 47.8 Å². The second kappa shape index (κ2) is 8.14. The molecule has 1 heterocycles. The van der Waals surface area contributed by atoms with Gasteiger partial charge in [0.2, 0.25) is 0 Å². The van der Waals surface area contributed by atoms with E-state index in [1.165, 1.54) is 17.9 Å². The number of thioether (sulfide) groups is 1. The Morgan fingerprint density at radius 1 is 0.966 bits per heavy atom. The average Bonchev–Trinajstić information content (AvgIpc) is 2.94. The Hall–Kier alpha value is -1.21. The Morgan fingerprint density at radius 3 is 2.07 bits per heavy atom. The maximum atomic E-state index is 13.1. The van der Waals surface area contributed by atoms with Gasteiger partial charge in [-0.25, -0.2) is 0 Å². The number of ketones is 1. The van der Waals surface area contributed by atoms with E-state index in [1.54, 1.807) is 11.8 Å². The molecule has 0 fully saturated rings. The maximum absolute atomic E-state index is 13.1. The molecule has 0 spiro atoms. The quantitative estimate of drug-likeness (QED) is 0.380. The molecule has 0 amide bonds. The van der Waals surface area contributed by atoms with Crippen LogP contribution in [0.25, 0.3) is 0 Å². The molecule has 0 saturated heterocycles. The van der Waals surface area contributed by atoms with Crippen LogP contribution in [0.4, 0.5) is 5.69 Å². The Morgan fingerprint density at radius 2 is 1.55 bits per heavy atom. The first kappa shape index (κ1) is 22.5. The summed E-state index contributed by atoms with van der Waals surface area (Å²) in [6.45, 7) is 12.7. The van der Waals surface area contributed by atoms with Crippen molar-refractivity contribution in [1.29, 1.82) is 0 Å². The van der Waals surface area contributed by atoms with E-state index >= 15 is 0 Å². The molecule has 0 N–H and O–H groups in total. The topological polar surface area (TPSA) is 20.3 Å². The molecule has 3 rings (SSSR count). The summed E-state index contributed by atoms with van der Waals surface area (Å²) in [5.41, 5.74) is 3.93. The van der Waals surface area contributed by atoms with Gasteiger partial charge in [-0.05, 0) is 0 Å². The monoisotopic (exact) mass is 523 g/mol. The van der Waals surface area contributed by atoms with Gasteiger partial charge in [-0.3, -0.25) is 0 Å². The zero-order valence-corrected chi connectivity index (χ0v) is 21.9. The summed E-state index contributed by atoms with van der Waals surface area (Å²) in [6, 6.07) is 6.82. The number of nitrogens with zero attached hydrogens (tertiary/aromatic N) is 1. The van der Waals surface area contributed by atoms with Crippen LogP contribution in [0.5, 0.6) is 0 Å². The number of allylic oxidation sites excluding steroid dienone is 7. The normalized spacial score (nSPS) is 18.8. The summed E-state index contributed by atoms with van der Waals surface area (Å²) in [5.74, 6) is 0.193. The number of rotatable bonds is 2. The van der Waals surface area contributed by atoms with Crippen molar-refractivity contribution in [2.45, 2.75) is 46.4 Å². The fraction of sp³-hybridized carbons (Fsp3) is 0.400. The molecule has 0 bridgehead atoms. The minimum absolute atomic E-state index is 0.170. The van der Waals surface area contributed by atoms with Crippen LogP contribution in [0, 0.1) is 10.8 Å². The van der Waals surface area contributed by atoms with Crippen LogP contribution >= 0.6 is 11.8 Å². The Labute approximate surface area is 190 Å². The van der Waals surface area contributed by atoms with E-state index in [-0.39, 0.29) is 37.5 Å². The Balaban J connectivity index is 1.99. The van der Waals surface area contributed by atoms with Crippen LogP contribution in [0.2, 0.25) is 0 Å². The van der Waals surface area contributed by atoms with Crippen molar-refractivity contribution in [1.82, 2.24) is 0 Å². The molecule has 1 aliphatic carbocycles. The van der Waals surface area contributed by atoms with E-state index in [0.717, 1.165) is 16.7 Å². The van der Waals surface area contributed by atoms with Crippen LogP contribution in [0.15, 0.2) is 67.9 Å². The molecule has 0 aromatic heterocycles. The first-order chi connectivity index (χ1) is 13.4. The van der Waals surface area contributed by atoms with Crippen molar-refractivity contribution in [2.24, 2.45) is 10.8 Å². The molecule has 0 radical (unpaired) electrons. The van der Waals surface area contributed by atoms with E-state index in [9.17, 15) is 4.79 Å². The van der Waals surface area contributed by atoms with Gasteiger partial charge in [0.15, 0.2) is 0 Å². The van der Waals surface area contributed by atoms with Gasteiger partial charge in [0.1, 0.15) is 0 Å². The number of carbonyl (C=O) groups excluding carboxylic acids is 1. The number of hydrogen-bond donors (Lipinski definition) is 0. The first-order valence-electron chi connectivity index (χ1n) is 9.92. The van der Waals surface area contributed by atoms with Crippen LogP contribution in [0.3, 0.4) is 0 Å². The van der Waals surface area contributed by atoms with E-state index < -0.39 is 0 Å². The molecule has 1 aromatic rings. The second-order valence-electron chi connectivity index (χ2n) is 9.61. The molecule has 1 aromatic carbocycles. The van der Waals surface area contributed by atoms with Gasteiger partial charge < -0.3 is 0 Å². The summed E-state index contributed by atoms with van der Waals surface area (Å²) >= 11 is 1.40. The van der Waals surface area contributed by atoms with Crippen LogP contribution in [-0.2, 0) is 4.79 Å². The minimum atomic E-state index is -0.388. The molecule has 1 aliphatic heterocycles. The van der Waals surface area contributed by atoms with Gasteiger partial charge in [0.25, 0.3) is 0 Å². The first-order valence-corrected chi connectivity index (χ1v) is 13.5. The SMILES string of the molecule is CSc1ccc2c(c1)N(C)C(=CC=C1C=C(C(C)(C)C)C(=O)C(C(C)(C)C)=C1)[Te]2. The molecule has 2 aliphatic rings. The Kier molecular flexibility index (Phi) is 6.31. The number of Topliss-reactive ketones (excluding diaryl/α,β-unsaturated/α-hetero) is 1. The zero-order chi connectivity index (χ0) is 21.6. The third-order valence-electron chi connectivity index (χ3n) is 5.22. The molecule has 29 heavy (non-hydrogen) atoms. The van der Waals surface area contributed by atoms with E-state index in [2.05, 4.69) is 102 Å². The van der Waals surface area contributed by atoms with Gasteiger partial charge in [0, 0.05) is 0 Å². The standard InChI is InChI=1S/C25H31NOSTe/c1-24(2,3)18-13-16(14-19(23(18)27)25(4,5)6)9-12-22-26(7)20-15-17(28-8)10-11-21(20)29-22/h9-15H,1-8H3. The van der Waals surface area contributed by atoms with Crippen LogP contribution in [-0.4, -0.2) is 40.0 Å². The fourth-order valence-electron chi connectivity index (χ4n) is 3.45.